The molecule has 1 aliphatic carbocycles. The Morgan fingerprint density at radius 2 is 1.53 bits per heavy atom. The molecular formula is C12H20Cl2O. The van der Waals surface area contributed by atoms with Crippen LogP contribution in [0.3, 0.4) is 0 Å². The van der Waals surface area contributed by atoms with Crippen LogP contribution in [0, 0.1) is 10.8 Å². The van der Waals surface area contributed by atoms with E-state index in [1.807, 2.05) is 6.92 Å². The molecule has 0 N–H and O–H groups in total. The summed E-state index contributed by atoms with van der Waals surface area (Å²) in [6, 6.07) is 0. The first-order chi connectivity index (χ1) is 6.64. The molecule has 0 heterocycles. The molecule has 1 rings (SSSR count). The zero-order valence-electron chi connectivity index (χ0n) is 10.4. The molecular weight excluding hydrogens is 231 g/mol. The molecule has 0 aliphatic heterocycles. The number of methoxy groups -OCH3 is 1. The number of hydrogen-bond donors (Lipinski definition) is 0. The Morgan fingerprint density at radius 1 is 1.13 bits per heavy atom. The molecule has 3 heteroatoms. The Hall–Kier alpha value is 0.280. The van der Waals surface area contributed by atoms with E-state index in [1.165, 1.54) is 0 Å². The van der Waals surface area contributed by atoms with Crippen molar-refractivity contribution in [3.63, 3.8) is 0 Å². The second-order valence-electron chi connectivity index (χ2n) is 5.44. The van der Waals surface area contributed by atoms with E-state index in [1.54, 1.807) is 7.11 Å². The minimum absolute atomic E-state index is 0.0215. The van der Waals surface area contributed by atoms with E-state index >= 15 is 0 Å². The van der Waals surface area contributed by atoms with Gasteiger partial charge in [0.25, 0.3) is 0 Å². The van der Waals surface area contributed by atoms with Gasteiger partial charge in [-0.05, 0) is 23.3 Å². The summed E-state index contributed by atoms with van der Waals surface area (Å²) in [6.07, 6.45) is 0. The van der Waals surface area contributed by atoms with Crippen molar-refractivity contribution in [1.29, 1.82) is 0 Å². The number of allylic oxidation sites excluding steroid dienone is 1. The third-order valence-electron chi connectivity index (χ3n) is 4.26. The highest BCUT2D eigenvalue weighted by molar-refractivity contribution is 6.42. The third-order valence-corrected chi connectivity index (χ3v) is 6.10. The van der Waals surface area contributed by atoms with Gasteiger partial charge in [0.15, 0.2) is 0 Å². The smallest absolute Gasteiger partial charge is 0.0913 e. The van der Waals surface area contributed by atoms with Crippen LogP contribution in [0.25, 0.3) is 0 Å². The fourth-order valence-electron chi connectivity index (χ4n) is 2.37. The Balaban J connectivity index is 3.07. The molecule has 0 radical (unpaired) electrons. The van der Waals surface area contributed by atoms with Gasteiger partial charge in [0.1, 0.15) is 0 Å². The summed E-state index contributed by atoms with van der Waals surface area (Å²) in [5, 5.41) is 0.751. The Bertz CT molecular complexity index is 289. The van der Waals surface area contributed by atoms with Gasteiger partial charge in [-0.15, -0.1) is 11.6 Å². The quantitative estimate of drug-likeness (QED) is 0.683. The lowest BCUT2D eigenvalue weighted by Gasteiger charge is -2.15. The molecule has 0 atom stereocenters. The number of rotatable bonds is 3. The standard InChI is InChI=1S/C12H20Cl2O/c1-8(7-15-6)9(13)12(14)10(2,3)11(12,4)5/h7H2,1-6H3/b9-8+. The second kappa shape index (κ2) is 3.65. The van der Waals surface area contributed by atoms with Crippen LogP contribution < -0.4 is 0 Å². The summed E-state index contributed by atoms with van der Waals surface area (Å²) >= 11 is 13.0. The molecule has 0 aromatic carbocycles. The van der Waals surface area contributed by atoms with E-state index in [4.69, 9.17) is 27.9 Å². The van der Waals surface area contributed by atoms with E-state index < -0.39 is 4.87 Å². The van der Waals surface area contributed by atoms with Crippen LogP contribution in [0.4, 0.5) is 0 Å². The minimum Gasteiger partial charge on any atom is -0.380 e. The molecule has 1 saturated carbocycles. The van der Waals surface area contributed by atoms with Crippen molar-refractivity contribution in [2.24, 2.45) is 10.8 Å². The predicted octanol–water partition coefficient (Wildman–Crippen LogP) is 4.19. The number of halogens is 2. The van der Waals surface area contributed by atoms with Gasteiger partial charge in [0.2, 0.25) is 0 Å². The van der Waals surface area contributed by atoms with Crippen molar-refractivity contribution in [1.82, 2.24) is 0 Å². The van der Waals surface area contributed by atoms with Gasteiger partial charge in [-0.1, -0.05) is 39.3 Å². The molecule has 0 bridgehead atoms. The first-order valence-corrected chi connectivity index (χ1v) is 5.93. The monoisotopic (exact) mass is 250 g/mol. The van der Waals surface area contributed by atoms with Gasteiger partial charge in [-0.3, -0.25) is 0 Å². The van der Waals surface area contributed by atoms with Crippen LogP contribution in [-0.2, 0) is 4.74 Å². The maximum absolute atomic E-state index is 6.66. The summed E-state index contributed by atoms with van der Waals surface area (Å²) < 4.78 is 5.08. The van der Waals surface area contributed by atoms with Gasteiger partial charge < -0.3 is 4.74 Å². The van der Waals surface area contributed by atoms with Crippen LogP contribution in [0.1, 0.15) is 34.6 Å². The molecule has 1 aliphatic rings. The summed E-state index contributed by atoms with van der Waals surface area (Å²) in [7, 11) is 1.66. The highest BCUT2D eigenvalue weighted by Gasteiger charge is 2.78. The van der Waals surface area contributed by atoms with Gasteiger partial charge in [-0.25, -0.2) is 0 Å². The Kier molecular flexibility index (Phi) is 3.24. The minimum atomic E-state index is -0.440. The molecule has 15 heavy (non-hydrogen) atoms. The fourth-order valence-corrected chi connectivity index (χ4v) is 3.48. The lowest BCUT2D eigenvalue weighted by molar-refractivity contribution is 0.225. The van der Waals surface area contributed by atoms with Gasteiger partial charge in [-0.2, -0.15) is 0 Å². The van der Waals surface area contributed by atoms with E-state index in [2.05, 4.69) is 27.7 Å². The second-order valence-corrected chi connectivity index (χ2v) is 6.38. The van der Waals surface area contributed by atoms with Gasteiger partial charge in [0, 0.05) is 12.1 Å². The first-order valence-electron chi connectivity index (χ1n) is 5.18. The zero-order valence-corrected chi connectivity index (χ0v) is 11.9. The number of ether oxygens (including phenoxy) is 1. The molecule has 0 saturated heterocycles. The normalized spacial score (nSPS) is 27.2. The van der Waals surface area contributed by atoms with Crippen molar-refractivity contribution >= 4 is 23.2 Å². The van der Waals surface area contributed by atoms with Crippen LogP contribution in [-0.4, -0.2) is 18.6 Å². The Labute approximate surface area is 103 Å². The highest BCUT2D eigenvalue weighted by atomic mass is 35.5. The molecule has 0 aromatic heterocycles. The summed E-state index contributed by atoms with van der Waals surface area (Å²) in [5.74, 6) is 0. The van der Waals surface area contributed by atoms with E-state index in [0.717, 1.165) is 10.6 Å². The number of hydrogen-bond acceptors (Lipinski definition) is 1. The lowest BCUT2D eigenvalue weighted by atomic mass is 10.0. The molecule has 1 nitrogen and oxygen atoms in total. The average molecular weight is 251 g/mol. The van der Waals surface area contributed by atoms with Crippen LogP contribution in [0.2, 0.25) is 0 Å². The maximum atomic E-state index is 6.66. The Morgan fingerprint density at radius 3 is 1.80 bits per heavy atom. The largest absolute Gasteiger partial charge is 0.380 e. The van der Waals surface area contributed by atoms with Gasteiger partial charge >= 0.3 is 0 Å². The topological polar surface area (TPSA) is 9.23 Å². The van der Waals surface area contributed by atoms with Crippen LogP contribution in [0.5, 0.6) is 0 Å². The van der Waals surface area contributed by atoms with Crippen LogP contribution in [0.15, 0.2) is 10.6 Å². The summed E-state index contributed by atoms with van der Waals surface area (Å²) in [6.45, 7) is 11.1. The number of alkyl halides is 1. The van der Waals surface area contributed by atoms with Crippen molar-refractivity contribution in [3.8, 4) is 0 Å². The molecule has 88 valence electrons. The maximum Gasteiger partial charge on any atom is 0.0913 e. The van der Waals surface area contributed by atoms with Crippen molar-refractivity contribution < 1.29 is 4.74 Å². The first kappa shape index (κ1) is 13.3. The molecule has 0 aromatic rings. The summed E-state index contributed by atoms with van der Waals surface area (Å²) in [5.41, 5.74) is 1.06. The highest BCUT2D eigenvalue weighted by Crippen LogP contribution is 2.78. The van der Waals surface area contributed by atoms with Crippen molar-refractivity contribution in [2.75, 3.05) is 13.7 Å². The summed E-state index contributed by atoms with van der Waals surface area (Å²) in [4.78, 5) is -0.440. The van der Waals surface area contributed by atoms with E-state index in [9.17, 15) is 0 Å². The van der Waals surface area contributed by atoms with Gasteiger partial charge in [0.05, 0.1) is 11.5 Å². The fraction of sp³-hybridized carbons (Fsp3) is 0.833. The van der Waals surface area contributed by atoms with E-state index in [0.29, 0.717) is 6.61 Å². The van der Waals surface area contributed by atoms with E-state index in [-0.39, 0.29) is 10.8 Å². The zero-order chi connectivity index (χ0) is 12.1. The van der Waals surface area contributed by atoms with Crippen LogP contribution >= 0.6 is 23.2 Å². The van der Waals surface area contributed by atoms with Crippen molar-refractivity contribution in [3.05, 3.63) is 10.6 Å². The molecule has 0 unspecified atom stereocenters. The molecule has 1 fully saturated rings. The average Bonchev–Trinajstić information content (AvgIpc) is 2.44. The third kappa shape index (κ3) is 1.47. The molecule has 0 spiro atoms. The SMILES string of the molecule is COC/C(C)=C(/Cl)C1(Cl)C(C)(C)C1(C)C. The van der Waals surface area contributed by atoms with Crippen molar-refractivity contribution in [2.45, 2.75) is 39.5 Å². The molecule has 0 amide bonds. The lowest BCUT2D eigenvalue weighted by Crippen LogP contribution is -2.13. The predicted molar refractivity (Wildman–Crippen MR) is 66.6 cm³/mol.